The van der Waals surface area contributed by atoms with E-state index in [9.17, 15) is 4.79 Å². The Morgan fingerprint density at radius 2 is 1.73 bits per heavy atom. The molecule has 1 aromatic heterocycles. The van der Waals surface area contributed by atoms with Gasteiger partial charge in [-0.25, -0.2) is 14.8 Å². The summed E-state index contributed by atoms with van der Waals surface area (Å²) in [6.45, 7) is 7.00. The van der Waals surface area contributed by atoms with Gasteiger partial charge in [-0.2, -0.15) is 0 Å². The zero-order chi connectivity index (χ0) is 18.8. The van der Waals surface area contributed by atoms with Crippen molar-refractivity contribution in [3.63, 3.8) is 0 Å². The number of nitrogens with one attached hydrogen (secondary N) is 1. The van der Waals surface area contributed by atoms with Crippen molar-refractivity contribution in [1.82, 2.24) is 9.97 Å². The molecule has 1 N–H and O–H groups in total. The Hall–Kier alpha value is -2.43. The molecule has 5 heteroatoms. The minimum absolute atomic E-state index is 0.334. The quantitative estimate of drug-likeness (QED) is 0.647. The largest absolute Gasteiger partial charge is 0.462 e. The van der Waals surface area contributed by atoms with E-state index in [2.05, 4.69) is 46.5 Å². The van der Waals surface area contributed by atoms with E-state index in [4.69, 9.17) is 4.74 Å². The monoisotopic (exact) mass is 355 g/mol. The fourth-order valence-corrected chi connectivity index (χ4v) is 2.82. The van der Waals surface area contributed by atoms with Gasteiger partial charge in [-0.1, -0.05) is 44.5 Å². The van der Waals surface area contributed by atoms with Crippen LogP contribution < -0.4 is 5.32 Å². The number of carbonyl (C=O) groups excluding carboxylic acids is 1. The van der Waals surface area contributed by atoms with E-state index in [1.165, 1.54) is 30.3 Å². The maximum Gasteiger partial charge on any atom is 0.343 e. The molecule has 0 bridgehead atoms. The molecule has 0 aliphatic rings. The van der Waals surface area contributed by atoms with Gasteiger partial charge in [-0.15, -0.1) is 0 Å². The maximum atomic E-state index is 12.3. The van der Waals surface area contributed by atoms with E-state index in [1.807, 2.05) is 6.92 Å². The summed E-state index contributed by atoms with van der Waals surface area (Å²) in [6, 6.07) is 8.76. The van der Waals surface area contributed by atoms with Crippen molar-refractivity contribution in [2.45, 2.75) is 52.9 Å². The number of aryl methyl sites for hydroxylation is 2. The molecule has 1 aromatic carbocycles. The first-order valence-corrected chi connectivity index (χ1v) is 9.52. The molecule has 2 aromatic rings. The summed E-state index contributed by atoms with van der Waals surface area (Å²) < 4.78 is 5.16. The lowest BCUT2D eigenvalue weighted by molar-refractivity contribution is 0.0525. The molecule has 26 heavy (non-hydrogen) atoms. The topological polar surface area (TPSA) is 64.1 Å². The molecule has 0 saturated carbocycles. The molecule has 0 amide bonds. The number of hydrogen-bond donors (Lipinski definition) is 1. The van der Waals surface area contributed by atoms with Crippen LogP contribution in [0.4, 0.5) is 5.82 Å². The highest BCUT2D eigenvalue weighted by atomic mass is 16.5. The van der Waals surface area contributed by atoms with Crippen molar-refractivity contribution in [1.29, 1.82) is 0 Å². The predicted molar refractivity (Wildman–Crippen MR) is 105 cm³/mol. The van der Waals surface area contributed by atoms with Crippen LogP contribution in [0.3, 0.4) is 0 Å². The average molecular weight is 355 g/mol. The molecular formula is C21H29N3O2. The predicted octanol–water partition coefficient (Wildman–Crippen LogP) is 4.21. The molecule has 0 aliphatic carbocycles. The van der Waals surface area contributed by atoms with E-state index in [1.54, 1.807) is 6.92 Å². The summed E-state index contributed by atoms with van der Waals surface area (Å²) in [5.41, 5.74) is 3.81. The first-order chi connectivity index (χ1) is 12.7. The minimum Gasteiger partial charge on any atom is -0.462 e. The average Bonchev–Trinajstić information content (AvgIpc) is 2.67. The zero-order valence-electron chi connectivity index (χ0n) is 16.0. The molecule has 5 nitrogen and oxygen atoms in total. The van der Waals surface area contributed by atoms with Crippen molar-refractivity contribution in [3.05, 3.63) is 53.0 Å². The third-order valence-corrected chi connectivity index (χ3v) is 4.29. The molecule has 0 aliphatic heterocycles. The Bertz CT molecular complexity index is 699. The molecule has 0 unspecified atom stereocenters. The summed E-state index contributed by atoms with van der Waals surface area (Å²) in [5, 5.41) is 3.27. The van der Waals surface area contributed by atoms with Crippen molar-refractivity contribution < 1.29 is 9.53 Å². The van der Waals surface area contributed by atoms with Crippen LogP contribution in [0, 0.1) is 0 Å². The Labute approximate surface area is 156 Å². The molecular weight excluding hydrogens is 326 g/mol. The van der Waals surface area contributed by atoms with Crippen LogP contribution >= 0.6 is 0 Å². The van der Waals surface area contributed by atoms with Gasteiger partial charge >= 0.3 is 5.97 Å². The summed E-state index contributed by atoms with van der Waals surface area (Å²) in [5.74, 6) is 0.183. The van der Waals surface area contributed by atoms with Gasteiger partial charge in [-0.3, -0.25) is 0 Å². The van der Waals surface area contributed by atoms with Crippen molar-refractivity contribution >= 4 is 11.8 Å². The standard InChI is InChI=1S/C21H29N3O2/c1-4-7-8-16-9-11-17(12-10-16)13-14-22-20-19(21(25)26-6-3)18(5-2)23-15-24-20/h9-12,15H,4-8,13-14H2,1-3H3,(H,22,23,24). The fraction of sp³-hybridized carbons (Fsp3) is 0.476. The van der Waals surface area contributed by atoms with Crippen molar-refractivity contribution in [2.75, 3.05) is 18.5 Å². The van der Waals surface area contributed by atoms with Gasteiger partial charge in [0, 0.05) is 6.54 Å². The van der Waals surface area contributed by atoms with Crippen molar-refractivity contribution in [2.24, 2.45) is 0 Å². The fourth-order valence-electron chi connectivity index (χ4n) is 2.82. The van der Waals surface area contributed by atoms with Crippen molar-refractivity contribution in [3.8, 4) is 0 Å². The summed E-state index contributed by atoms with van der Waals surface area (Å²) in [7, 11) is 0. The molecule has 0 fully saturated rings. The molecule has 1 heterocycles. The van der Waals surface area contributed by atoms with Crippen LogP contribution in [0.15, 0.2) is 30.6 Å². The number of anilines is 1. The second kappa shape index (κ2) is 10.5. The maximum absolute atomic E-state index is 12.3. The minimum atomic E-state index is -0.368. The molecule has 2 rings (SSSR count). The number of rotatable bonds is 10. The van der Waals surface area contributed by atoms with Crippen LogP contribution in [-0.2, 0) is 24.0 Å². The first kappa shape index (κ1) is 19.9. The number of carbonyl (C=O) groups is 1. The zero-order valence-corrected chi connectivity index (χ0v) is 16.0. The van der Waals surface area contributed by atoms with Gasteiger partial charge in [0.2, 0.25) is 0 Å². The van der Waals surface area contributed by atoms with Gasteiger partial charge in [0.05, 0.1) is 12.3 Å². The highest BCUT2D eigenvalue weighted by molar-refractivity contribution is 5.95. The number of hydrogen-bond acceptors (Lipinski definition) is 5. The van der Waals surface area contributed by atoms with E-state index in [0.717, 1.165) is 12.8 Å². The third-order valence-electron chi connectivity index (χ3n) is 4.29. The smallest absolute Gasteiger partial charge is 0.343 e. The molecule has 0 saturated heterocycles. The van der Waals surface area contributed by atoms with E-state index < -0.39 is 0 Å². The number of unbranched alkanes of at least 4 members (excludes halogenated alkanes) is 1. The van der Waals surface area contributed by atoms with Gasteiger partial charge < -0.3 is 10.1 Å². The third kappa shape index (κ3) is 5.55. The SMILES string of the molecule is CCCCc1ccc(CCNc2ncnc(CC)c2C(=O)OCC)cc1. The molecule has 0 spiro atoms. The lowest BCUT2D eigenvalue weighted by Crippen LogP contribution is -2.16. The van der Waals surface area contributed by atoms with Crippen LogP contribution in [-0.4, -0.2) is 29.1 Å². The lowest BCUT2D eigenvalue weighted by atomic mass is 10.0. The van der Waals surface area contributed by atoms with E-state index in [-0.39, 0.29) is 5.97 Å². The van der Waals surface area contributed by atoms with Crippen LogP contribution in [0.25, 0.3) is 0 Å². The Morgan fingerprint density at radius 1 is 1.04 bits per heavy atom. The Kier molecular flexibility index (Phi) is 8.06. The second-order valence-corrected chi connectivity index (χ2v) is 6.21. The second-order valence-electron chi connectivity index (χ2n) is 6.21. The highest BCUT2D eigenvalue weighted by Gasteiger charge is 2.19. The van der Waals surface area contributed by atoms with Crippen LogP contribution in [0.1, 0.15) is 60.8 Å². The number of nitrogens with zero attached hydrogens (tertiary/aromatic N) is 2. The van der Waals surface area contributed by atoms with Crippen LogP contribution in [0.2, 0.25) is 0 Å². The Balaban J connectivity index is 1.99. The number of ether oxygens (including phenoxy) is 1. The van der Waals surface area contributed by atoms with E-state index in [0.29, 0.717) is 36.6 Å². The number of benzene rings is 1. The number of esters is 1. The summed E-state index contributed by atoms with van der Waals surface area (Å²) in [4.78, 5) is 20.7. The van der Waals surface area contributed by atoms with Gasteiger partial charge in [0.25, 0.3) is 0 Å². The lowest BCUT2D eigenvalue weighted by Gasteiger charge is -2.13. The normalized spacial score (nSPS) is 10.6. The first-order valence-electron chi connectivity index (χ1n) is 9.52. The Morgan fingerprint density at radius 3 is 2.35 bits per heavy atom. The summed E-state index contributed by atoms with van der Waals surface area (Å²) >= 11 is 0. The van der Waals surface area contributed by atoms with Gasteiger partial charge in [0.15, 0.2) is 0 Å². The highest BCUT2D eigenvalue weighted by Crippen LogP contribution is 2.18. The molecule has 0 atom stereocenters. The van der Waals surface area contributed by atoms with Gasteiger partial charge in [0.1, 0.15) is 17.7 Å². The van der Waals surface area contributed by atoms with E-state index >= 15 is 0 Å². The molecule has 0 radical (unpaired) electrons. The van der Waals surface area contributed by atoms with Crippen LogP contribution in [0.5, 0.6) is 0 Å². The number of aromatic nitrogens is 2. The van der Waals surface area contributed by atoms with Gasteiger partial charge in [-0.05, 0) is 43.7 Å². The molecule has 140 valence electrons. The summed E-state index contributed by atoms with van der Waals surface area (Å²) in [6.07, 6.45) is 6.59.